The van der Waals surface area contributed by atoms with Crippen molar-refractivity contribution in [1.82, 2.24) is 9.47 Å². The van der Waals surface area contributed by atoms with Crippen LogP contribution >= 0.6 is 0 Å². The van der Waals surface area contributed by atoms with Crippen LogP contribution in [0.3, 0.4) is 0 Å². The van der Waals surface area contributed by atoms with Crippen LogP contribution in [0.5, 0.6) is 0 Å². The molecule has 2 aromatic rings. The second-order valence-corrected chi connectivity index (χ2v) is 5.72. The van der Waals surface area contributed by atoms with Crippen LogP contribution in [0.1, 0.15) is 32.3 Å². The molecule has 1 aliphatic rings. The fraction of sp³-hybridized carbons (Fsp3) is 0.529. The summed E-state index contributed by atoms with van der Waals surface area (Å²) in [5, 5.41) is 1.40. The molecule has 0 aliphatic carbocycles. The molecule has 0 saturated heterocycles. The van der Waals surface area contributed by atoms with E-state index in [0.29, 0.717) is 6.04 Å². The Kier molecular flexibility index (Phi) is 3.61. The average Bonchev–Trinajstić information content (AvgIpc) is 2.84. The first-order valence-corrected chi connectivity index (χ1v) is 7.64. The van der Waals surface area contributed by atoms with Gasteiger partial charge in [-0.3, -0.25) is 4.90 Å². The maximum atomic E-state index is 2.68. The molecule has 2 nitrogen and oxygen atoms in total. The van der Waals surface area contributed by atoms with E-state index in [0.717, 1.165) is 6.54 Å². The third-order valence-corrected chi connectivity index (χ3v) is 4.27. The van der Waals surface area contributed by atoms with Gasteiger partial charge in [0.1, 0.15) is 0 Å². The fourth-order valence-electron chi connectivity index (χ4n) is 3.50. The molecular weight excluding hydrogens is 232 g/mol. The summed E-state index contributed by atoms with van der Waals surface area (Å²) in [6.07, 6.45) is 5.97. The lowest BCUT2D eigenvalue weighted by atomic mass is 9.98. The quantitative estimate of drug-likeness (QED) is 0.792. The van der Waals surface area contributed by atoms with Gasteiger partial charge in [0.2, 0.25) is 0 Å². The molecule has 0 unspecified atom stereocenters. The maximum Gasteiger partial charge on any atom is 0.0513 e. The zero-order valence-electron chi connectivity index (χ0n) is 12.1. The molecule has 1 aromatic heterocycles. The molecule has 2 heteroatoms. The Morgan fingerprint density at radius 2 is 1.95 bits per heavy atom. The SMILES string of the molecule is CCCN(CCC)[C@H]1Cc2cccc3ccn(c23)C1. The zero-order valence-corrected chi connectivity index (χ0v) is 12.1. The Bertz CT molecular complexity index is 549. The van der Waals surface area contributed by atoms with Gasteiger partial charge in [-0.25, -0.2) is 0 Å². The highest BCUT2D eigenvalue weighted by molar-refractivity contribution is 5.84. The molecule has 0 bridgehead atoms. The molecule has 0 radical (unpaired) electrons. The Morgan fingerprint density at radius 1 is 1.16 bits per heavy atom. The second kappa shape index (κ2) is 5.38. The van der Waals surface area contributed by atoms with E-state index in [1.165, 1.54) is 48.8 Å². The topological polar surface area (TPSA) is 8.17 Å². The Balaban J connectivity index is 1.89. The lowest BCUT2D eigenvalue weighted by Crippen LogP contribution is -2.42. The van der Waals surface area contributed by atoms with Gasteiger partial charge in [0.25, 0.3) is 0 Å². The molecule has 0 fully saturated rings. The van der Waals surface area contributed by atoms with Crippen molar-refractivity contribution in [1.29, 1.82) is 0 Å². The maximum absolute atomic E-state index is 2.68. The number of nitrogens with zero attached hydrogens (tertiary/aromatic N) is 2. The number of benzene rings is 1. The summed E-state index contributed by atoms with van der Waals surface area (Å²) < 4.78 is 2.46. The summed E-state index contributed by atoms with van der Waals surface area (Å²) in [6.45, 7) is 8.18. The van der Waals surface area contributed by atoms with E-state index >= 15 is 0 Å². The summed E-state index contributed by atoms with van der Waals surface area (Å²) in [6, 6.07) is 9.66. The molecular formula is C17H24N2. The highest BCUT2D eigenvalue weighted by atomic mass is 15.2. The van der Waals surface area contributed by atoms with E-state index in [4.69, 9.17) is 0 Å². The van der Waals surface area contributed by atoms with Crippen molar-refractivity contribution < 1.29 is 0 Å². The molecule has 0 N–H and O–H groups in total. The summed E-state index contributed by atoms with van der Waals surface area (Å²) in [7, 11) is 0. The number of rotatable bonds is 5. The van der Waals surface area contributed by atoms with Crippen LogP contribution in [0, 0.1) is 0 Å². The van der Waals surface area contributed by atoms with Gasteiger partial charge in [-0.15, -0.1) is 0 Å². The second-order valence-electron chi connectivity index (χ2n) is 5.72. The smallest absolute Gasteiger partial charge is 0.0513 e. The monoisotopic (exact) mass is 256 g/mol. The minimum atomic E-state index is 0.672. The predicted molar refractivity (Wildman–Crippen MR) is 81.6 cm³/mol. The number of para-hydroxylation sites is 1. The van der Waals surface area contributed by atoms with Crippen molar-refractivity contribution in [2.24, 2.45) is 0 Å². The molecule has 2 heterocycles. The van der Waals surface area contributed by atoms with E-state index in [-0.39, 0.29) is 0 Å². The van der Waals surface area contributed by atoms with Crippen LogP contribution in [0.4, 0.5) is 0 Å². The summed E-state index contributed by atoms with van der Waals surface area (Å²) in [5.74, 6) is 0. The van der Waals surface area contributed by atoms with Gasteiger partial charge >= 0.3 is 0 Å². The molecule has 0 spiro atoms. The van der Waals surface area contributed by atoms with Crippen LogP contribution in [0.25, 0.3) is 10.9 Å². The normalized spacial score (nSPS) is 18.4. The van der Waals surface area contributed by atoms with Crippen molar-refractivity contribution in [3.8, 4) is 0 Å². The third kappa shape index (κ3) is 2.30. The molecule has 102 valence electrons. The molecule has 1 aliphatic heterocycles. The van der Waals surface area contributed by atoms with Crippen LogP contribution < -0.4 is 0 Å². The molecule has 3 rings (SSSR count). The lowest BCUT2D eigenvalue weighted by Gasteiger charge is -2.35. The van der Waals surface area contributed by atoms with Gasteiger partial charge in [0.05, 0.1) is 5.52 Å². The molecule has 1 aromatic carbocycles. The van der Waals surface area contributed by atoms with E-state index < -0.39 is 0 Å². The zero-order chi connectivity index (χ0) is 13.2. The molecule has 0 saturated carbocycles. The number of hydrogen-bond acceptors (Lipinski definition) is 1. The van der Waals surface area contributed by atoms with Crippen LogP contribution in [-0.2, 0) is 13.0 Å². The Labute approximate surface area is 116 Å². The highest BCUT2D eigenvalue weighted by Crippen LogP contribution is 2.28. The number of aromatic nitrogens is 1. The van der Waals surface area contributed by atoms with Crippen molar-refractivity contribution in [2.75, 3.05) is 13.1 Å². The van der Waals surface area contributed by atoms with Crippen LogP contribution in [0.2, 0.25) is 0 Å². The fourth-order valence-corrected chi connectivity index (χ4v) is 3.50. The van der Waals surface area contributed by atoms with E-state index in [1.807, 2.05) is 0 Å². The minimum absolute atomic E-state index is 0.672. The van der Waals surface area contributed by atoms with E-state index in [2.05, 4.69) is 53.8 Å². The Morgan fingerprint density at radius 3 is 2.68 bits per heavy atom. The first kappa shape index (κ1) is 12.7. The van der Waals surface area contributed by atoms with E-state index in [1.54, 1.807) is 0 Å². The average molecular weight is 256 g/mol. The summed E-state index contributed by atoms with van der Waals surface area (Å²) in [4.78, 5) is 2.68. The van der Waals surface area contributed by atoms with Crippen LogP contribution in [-0.4, -0.2) is 28.6 Å². The number of hydrogen-bond donors (Lipinski definition) is 0. The summed E-state index contributed by atoms with van der Waals surface area (Å²) in [5.41, 5.74) is 2.99. The van der Waals surface area contributed by atoms with Crippen molar-refractivity contribution in [2.45, 2.75) is 45.7 Å². The van der Waals surface area contributed by atoms with Crippen molar-refractivity contribution >= 4 is 10.9 Å². The van der Waals surface area contributed by atoms with Crippen LogP contribution in [0.15, 0.2) is 30.5 Å². The van der Waals surface area contributed by atoms with Gasteiger partial charge in [-0.2, -0.15) is 0 Å². The first-order valence-electron chi connectivity index (χ1n) is 7.64. The minimum Gasteiger partial charge on any atom is -0.346 e. The van der Waals surface area contributed by atoms with Gasteiger partial charge in [0, 0.05) is 18.8 Å². The molecule has 0 amide bonds. The highest BCUT2D eigenvalue weighted by Gasteiger charge is 2.24. The third-order valence-electron chi connectivity index (χ3n) is 4.27. The largest absolute Gasteiger partial charge is 0.346 e. The Hall–Kier alpha value is -1.28. The predicted octanol–water partition coefficient (Wildman–Crippen LogP) is 3.69. The van der Waals surface area contributed by atoms with Gasteiger partial charge in [-0.1, -0.05) is 32.0 Å². The summed E-state index contributed by atoms with van der Waals surface area (Å²) >= 11 is 0. The van der Waals surface area contributed by atoms with Crippen molar-refractivity contribution in [3.63, 3.8) is 0 Å². The van der Waals surface area contributed by atoms with Gasteiger partial charge in [0.15, 0.2) is 0 Å². The van der Waals surface area contributed by atoms with Gasteiger partial charge < -0.3 is 4.57 Å². The standard InChI is InChI=1S/C17H24N2/c1-3-9-18(10-4-2)16-12-15-7-5-6-14-8-11-19(13-16)17(14)15/h5-8,11,16H,3-4,9-10,12-13H2,1-2H3/t16-/m0/s1. The van der Waals surface area contributed by atoms with Crippen molar-refractivity contribution in [3.05, 3.63) is 36.0 Å². The molecule has 19 heavy (non-hydrogen) atoms. The molecule has 1 atom stereocenters. The lowest BCUT2D eigenvalue weighted by molar-refractivity contribution is 0.174. The first-order chi connectivity index (χ1) is 9.33. The van der Waals surface area contributed by atoms with E-state index in [9.17, 15) is 0 Å². The van der Waals surface area contributed by atoms with Gasteiger partial charge in [-0.05, 0) is 49.4 Å².